The van der Waals surface area contributed by atoms with Crippen molar-refractivity contribution in [3.63, 3.8) is 0 Å². The number of methoxy groups -OCH3 is 1. The lowest BCUT2D eigenvalue weighted by atomic mass is 10.0. The number of carbonyl (C=O) groups is 4. The summed E-state index contributed by atoms with van der Waals surface area (Å²) >= 11 is 0. The number of benzene rings is 1. The van der Waals surface area contributed by atoms with E-state index >= 15 is 0 Å². The van der Waals surface area contributed by atoms with E-state index < -0.39 is 35.6 Å². The Labute approximate surface area is 157 Å². The van der Waals surface area contributed by atoms with E-state index in [4.69, 9.17) is 4.74 Å². The molecule has 1 heterocycles. The minimum Gasteiger partial charge on any atom is -0.467 e. The number of imide groups is 1. The summed E-state index contributed by atoms with van der Waals surface area (Å²) in [4.78, 5) is 47.8. The topological polar surface area (TPSA) is 114 Å². The molecule has 0 bridgehead atoms. The Morgan fingerprint density at radius 2 is 1.81 bits per heavy atom. The highest BCUT2D eigenvalue weighted by Gasteiger charge is 2.46. The molecule has 0 radical (unpaired) electrons. The zero-order valence-electron chi connectivity index (χ0n) is 15.7. The Hall–Kier alpha value is -3.10. The van der Waals surface area contributed by atoms with Gasteiger partial charge in [-0.1, -0.05) is 12.1 Å². The van der Waals surface area contributed by atoms with Crippen LogP contribution in [0.3, 0.4) is 0 Å². The molecule has 27 heavy (non-hydrogen) atoms. The van der Waals surface area contributed by atoms with E-state index in [-0.39, 0.29) is 13.0 Å². The van der Waals surface area contributed by atoms with Gasteiger partial charge in [0.15, 0.2) is 0 Å². The summed E-state index contributed by atoms with van der Waals surface area (Å²) in [6.45, 7) is 5.59. The lowest BCUT2D eigenvalue weighted by molar-refractivity contribution is -0.159. The molecule has 1 saturated heterocycles. The van der Waals surface area contributed by atoms with Crippen molar-refractivity contribution in [1.82, 2.24) is 10.2 Å². The van der Waals surface area contributed by atoms with Crippen LogP contribution >= 0.6 is 0 Å². The van der Waals surface area contributed by atoms with Gasteiger partial charge in [-0.15, -0.1) is 0 Å². The summed E-state index contributed by atoms with van der Waals surface area (Å²) in [5.74, 6) is -1.07. The molecule has 0 aromatic heterocycles. The van der Waals surface area contributed by atoms with Gasteiger partial charge in [0.05, 0.1) is 13.5 Å². The average Bonchev–Trinajstić information content (AvgIpc) is 2.56. The molecule has 0 saturated carbocycles. The third-order valence-corrected chi connectivity index (χ3v) is 3.68. The van der Waals surface area contributed by atoms with Crippen LogP contribution in [0.4, 0.5) is 15.3 Å². The zero-order chi connectivity index (χ0) is 20.2. The van der Waals surface area contributed by atoms with Gasteiger partial charge in [0, 0.05) is 12.2 Å². The van der Waals surface area contributed by atoms with Crippen LogP contribution in [-0.4, -0.2) is 47.7 Å². The van der Waals surface area contributed by atoms with Gasteiger partial charge in [0.2, 0.25) is 5.91 Å². The van der Waals surface area contributed by atoms with Crippen molar-refractivity contribution >= 4 is 29.7 Å². The predicted molar refractivity (Wildman–Crippen MR) is 95.8 cm³/mol. The molecule has 146 valence electrons. The Balaban J connectivity index is 1.88. The fraction of sp³-hybridized carbons (Fsp3) is 0.444. The predicted octanol–water partition coefficient (Wildman–Crippen LogP) is 2.02. The van der Waals surface area contributed by atoms with Gasteiger partial charge in [-0.05, 0) is 38.5 Å². The van der Waals surface area contributed by atoms with Crippen LogP contribution in [0.25, 0.3) is 0 Å². The number of ether oxygens (including phenoxy) is 2. The highest BCUT2D eigenvalue weighted by molar-refractivity contribution is 6.09. The molecule has 1 aromatic carbocycles. The van der Waals surface area contributed by atoms with Crippen LogP contribution in [-0.2, 0) is 25.6 Å². The van der Waals surface area contributed by atoms with Gasteiger partial charge in [-0.3, -0.25) is 4.79 Å². The molecule has 4 amide bonds. The van der Waals surface area contributed by atoms with E-state index in [0.29, 0.717) is 5.69 Å². The number of esters is 1. The fourth-order valence-electron chi connectivity index (χ4n) is 2.37. The molecule has 1 atom stereocenters. The summed E-state index contributed by atoms with van der Waals surface area (Å²) < 4.78 is 9.71. The number of alkyl carbamates (subject to hydrolysis) is 1. The number of nitrogens with one attached hydrogen (secondary N) is 2. The summed E-state index contributed by atoms with van der Waals surface area (Å²) in [7, 11) is 1.20. The second kappa shape index (κ2) is 8.07. The van der Waals surface area contributed by atoms with Crippen molar-refractivity contribution in [3.8, 4) is 0 Å². The van der Waals surface area contributed by atoms with Gasteiger partial charge in [-0.25, -0.2) is 19.3 Å². The molecule has 0 spiro atoms. The maximum Gasteiger partial charge on any atom is 0.407 e. The SMILES string of the molecule is COC(=O)[C@@H]1CC(=O)N1C(=O)Nc1ccc(CNC(=O)OC(C)(C)C)cc1. The van der Waals surface area contributed by atoms with Crippen LogP contribution < -0.4 is 10.6 Å². The van der Waals surface area contributed by atoms with E-state index in [9.17, 15) is 19.2 Å². The summed E-state index contributed by atoms with van der Waals surface area (Å²) in [5, 5.41) is 5.18. The first-order valence-corrected chi connectivity index (χ1v) is 8.37. The van der Waals surface area contributed by atoms with Crippen molar-refractivity contribution in [2.24, 2.45) is 0 Å². The van der Waals surface area contributed by atoms with E-state index in [1.807, 2.05) is 0 Å². The highest BCUT2D eigenvalue weighted by atomic mass is 16.6. The number of carbonyl (C=O) groups excluding carboxylic acids is 4. The van der Waals surface area contributed by atoms with Crippen molar-refractivity contribution in [2.45, 2.75) is 45.4 Å². The maximum absolute atomic E-state index is 12.2. The molecular weight excluding hydrogens is 354 g/mol. The smallest absolute Gasteiger partial charge is 0.407 e. The molecule has 0 aliphatic carbocycles. The first kappa shape index (κ1) is 20.2. The van der Waals surface area contributed by atoms with Crippen LogP contribution in [0.5, 0.6) is 0 Å². The van der Waals surface area contributed by atoms with E-state index in [0.717, 1.165) is 10.5 Å². The Morgan fingerprint density at radius 1 is 1.19 bits per heavy atom. The Bertz CT molecular complexity index is 738. The number of hydrogen-bond acceptors (Lipinski definition) is 6. The zero-order valence-corrected chi connectivity index (χ0v) is 15.7. The number of amides is 4. The van der Waals surface area contributed by atoms with Crippen molar-refractivity contribution < 1.29 is 28.7 Å². The molecule has 2 rings (SSSR count). The minimum absolute atomic E-state index is 0.0463. The first-order valence-electron chi connectivity index (χ1n) is 8.37. The lowest BCUT2D eigenvalue weighted by Gasteiger charge is -2.36. The maximum atomic E-state index is 12.2. The van der Waals surface area contributed by atoms with E-state index in [2.05, 4.69) is 15.4 Å². The number of β-lactam (4-membered cyclic amide) rings is 1. The number of rotatable bonds is 4. The summed E-state index contributed by atoms with van der Waals surface area (Å²) in [6, 6.07) is 5.09. The number of likely N-dealkylation sites (tertiary alicyclic amines) is 1. The molecule has 1 fully saturated rings. The normalized spacial score (nSPS) is 16.2. The lowest BCUT2D eigenvalue weighted by Crippen LogP contribution is -2.60. The molecule has 0 unspecified atom stereocenters. The molecule has 9 nitrogen and oxygen atoms in total. The second-order valence-corrected chi connectivity index (χ2v) is 6.99. The third-order valence-electron chi connectivity index (χ3n) is 3.68. The minimum atomic E-state index is -0.889. The Kier molecular flexibility index (Phi) is 6.04. The second-order valence-electron chi connectivity index (χ2n) is 6.99. The molecule has 2 N–H and O–H groups in total. The molecule has 9 heteroatoms. The van der Waals surface area contributed by atoms with E-state index in [1.54, 1.807) is 45.0 Å². The van der Waals surface area contributed by atoms with Gasteiger partial charge in [-0.2, -0.15) is 0 Å². The van der Waals surface area contributed by atoms with Crippen LogP contribution in [0.1, 0.15) is 32.8 Å². The third kappa shape index (κ3) is 5.44. The van der Waals surface area contributed by atoms with Gasteiger partial charge < -0.3 is 20.1 Å². The van der Waals surface area contributed by atoms with Crippen LogP contribution in [0.15, 0.2) is 24.3 Å². The molecule has 1 aliphatic rings. The number of nitrogens with zero attached hydrogens (tertiary/aromatic N) is 1. The van der Waals surface area contributed by atoms with Crippen molar-refractivity contribution in [2.75, 3.05) is 12.4 Å². The van der Waals surface area contributed by atoms with Crippen LogP contribution in [0, 0.1) is 0 Å². The first-order chi connectivity index (χ1) is 12.6. The molecule has 1 aromatic rings. The van der Waals surface area contributed by atoms with Gasteiger partial charge >= 0.3 is 18.1 Å². The average molecular weight is 377 g/mol. The van der Waals surface area contributed by atoms with Gasteiger partial charge in [0.25, 0.3) is 0 Å². The van der Waals surface area contributed by atoms with Crippen molar-refractivity contribution in [3.05, 3.63) is 29.8 Å². The number of urea groups is 1. The van der Waals surface area contributed by atoms with Crippen molar-refractivity contribution in [1.29, 1.82) is 0 Å². The summed E-state index contributed by atoms with van der Waals surface area (Å²) in [6.07, 6.45) is -0.569. The monoisotopic (exact) mass is 377 g/mol. The number of anilines is 1. The largest absolute Gasteiger partial charge is 0.467 e. The number of hydrogen-bond donors (Lipinski definition) is 2. The molecule has 1 aliphatic heterocycles. The highest BCUT2D eigenvalue weighted by Crippen LogP contribution is 2.22. The van der Waals surface area contributed by atoms with E-state index in [1.165, 1.54) is 7.11 Å². The Morgan fingerprint density at radius 3 is 2.33 bits per heavy atom. The quantitative estimate of drug-likeness (QED) is 0.613. The molecular formula is C18H23N3O6. The van der Waals surface area contributed by atoms with Gasteiger partial charge in [0.1, 0.15) is 11.6 Å². The summed E-state index contributed by atoms with van der Waals surface area (Å²) in [5.41, 5.74) is 0.671. The fourth-order valence-corrected chi connectivity index (χ4v) is 2.37. The van der Waals surface area contributed by atoms with Crippen LogP contribution in [0.2, 0.25) is 0 Å². The standard InChI is InChI=1S/C18H23N3O6/c1-18(2,3)27-17(25)19-10-11-5-7-12(8-6-11)20-16(24)21-13(9-14(21)22)15(23)26-4/h5-8,13H,9-10H2,1-4H3,(H,19,25)(H,20,24)/t13-/m0/s1.